The van der Waals surface area contributed by atoms with E-state index in [4.69, 9.17) is 16.3 Å². The fourth-order valence-electron chi connectivity index (χ4n) is 3.59. The van der Waals surface area contributed by atoms with Gasteiger partial charge in [-0.2, -0.15) is 0 Å². The van der Waals surface area contributed by atoms with E-state index in [9.17, 15) is 13.2 Å². The zero-order valence-electron chi connectivity index (χ0n) is 21.3. The number of amides is 1. The van der Waals surface area contributed by atoms with Crippen LogP contribution in [-0.4, -0.2) is 34.0 Å². The fraction of sp³-hybridized carbons (Fsp3) is 0.321. The van der Waals surface area contributed by atoms with Crippen LogP contribution in [0.3, 0.4) is 0 Å². The van der Waals surface area contributed by atoms with E-state index in [2.05, 4.69) is 26.1 Å². The highest BCUT2D eigenvalue weighted by Gasteiger charge is 2.28. The van der Waals surface area contributed by atoms with Crippen molar-refractivity contribution in [3.05, 3.63) is 88.4 Å². The molecule has 8 heteroatoms. The van der Waals surface area contributed by atoms with Gasteiger partial charge in [0.1, 0.15) is 18.9 Å². The van der Waals surface area contributed by atoms with Crippen LogP contribution in [0.15, 0.2) is 71.6 Å². The summed E-state index contributed by atoms with van der Waals surface area (Å²) in [6.45, 7) is 10.2. The summed E-state index contributed by atoms with van der Waals surface area (Å²) in [4.78, 5) is 12.9. The number of halogens is 1. The standard InChI is InChI=1S/C28H33ClN2O4S/c1-20-6-14-25(15-7-20)36(33,34)31(26-18-23(29)11-8-21(26)2)19-27(32)30-16-17-35-24-12-9-22(10-13-24)28(3,4)5/h6-15,18H,16-17,19H2,1-5H3,(H,30,32). The first kappa shape index (κ1) is 27.6. The summed E-state index contributed by atoms with van der Waals surface area (Å²) in [5.41, 5.74) is 3.23. The molecule has 3 aromatic carbocycles. The van der Waals surface area contributed by atoms with Gasteiger partial charge in [-0.1, -0.05) is 68.3 Å². The second-order valence-corrected chi connectivity index (χ2v) is 12.0. The number of carbonyl (C=O) groups excluding carboxylic acids is 1. The van der Waals surface area contributed by atoms with Crippen molar-refractivity contribution in [1.29, 1.82) is 0 Å². The van der Waals surface area contributed by atoms with Crippen molar-refractivity contribution < 1.29 is 17.9 Å². The van der Waals surface area contributed by atoms with E-state index >= 15 is 0 Å². The monoisotopic (exact) mass is 528 g/mol. The van der Waals surface area contributed by atoms with Crippen LogP contribution in [0, 0.1) is 13.8 Å². The highest BCUT2D eigenvalue weighted by atomic mass is 35.5. The Morgan fingerprint density at radius 2 is 1.61 bits per heavy atom. The fourth-order valence-corrected chi connectivity index (χ4v) is 5.23. The van der Waals surface area contributed by atoms with Crippen LogP contribution in [-0.2, 0) is 20.2 Å². The lowest BCUT2D eigenvalue weighted by atomic mass is 9.87. The molecule has 0 heterocycles. The molecule has 0 aliphatic heterocycles. The van der Waals surface area contributed by atoms with Gasteiger partial charge in [0.15, 0.2) is 0 Å². The molecule has 3 rings (SSSR count). The number of aryl methyl sites for hydroxylation is 2. The Balaban J connectivity index is 1.70. The first-order valence-electron chi connectivity index (χ1n) is 11.7. The minimum atomic E-state index is -4.01. The van der Waals surface area contributed by atoms with Gasteiger partial charge in [-0.3, -0.25) is 9.10 Å². The van der Waals surface area contributed by atoms with Crippen LogP contribution in [0.1, 0.15) is 37.5 Å². The Labute approximate surface area is 219 Å². The van der Waals surface area contributed by atoms with Crippen LogP contribution in [0.5, 0.6) is 5.75 Å². The van der Waals surface area contributed by atoms with Gasteiger partial charge in [0.2, 0.25) is 5.91 Å². The molecule has 1 amide bonds. The molecule has 0 radical (unpaired) electrons. The maximum atomic E-state index is 13.5. The number of hydrogen-bond donors (Lipinski definition) is 1. The Morgan fingerprint density at radius 3 is 2.22 bits per heavy atom. The average Bonchev–Trinajstić information content (AvgIpc) is 2.82. The third kappa shape index (κ3) is 7.02. The smallest absolute Gasteiger partial charge is 0.264 e. The molecule has 0 fully saturated rings. The molecule has 6 nitrogen and oxygen atoms in total. The predicted octanol–water partition coefficient (Wildman–Crippen LogP) is 5.64. The van der Waals surface area contributed by atoms with E-state index in [0.29, 0.717) is 22.0 Å². The van der Waals surface area contributed by atoms with Crippen molar-refractivity contribution in [2.24, 2.45) is 0 Å². The Hall–Kier alpha value is -3.03. The van der Waals surface area contributed by atoms with Gasteiger partial charge < -0.3 is 10.1 Å². The number of hydrogen-bond acceptors (Lipinski definition) is 4. The topological polar surface area (TPSA) is 75.7 Å². The highest BCUT2D eigenvalue weighted by Crippen LogP contribution is 2.29. The Morgan fingerprint density at radius 1 is 0.972 bits per heavy atom. The number of anilines is 1. The summed E-state index contributed by atoms with van der Waals surface area (Å²) in [5, 5.41) is 3.13. The highest BCUT2D eigenvalue weighted by molar-refractivity contribution is 7.92. The molecular weight excluding hydrogens is 496 g/mol. The summed E-state index contributed by atoms with van der Waals surface area (Å²) < 4.78 is 33.9. The van der Waals surface area contributed by atoms with Crippen molar-refractivity contribution in [3.63, 3.8) is 0 Å². The Kier molecular flexibility index (Phi) is 8.69. The molecule has 0 aliphatic carbocycles. The number of sulfonamides is 1. The largest absolute Gasteiger partial charge is 0.492 e. The van der Waals surface area contributed by atoms with Crippen molar-refractivity contribution in [3.8, 4) is 5.75 Å². The first-order chi connectivity index (χ1) is 16.9. The van der Waals surface area contributed by atoms with E-state index in [1.807, 2.05) is 31.2 Å². The van der Waals surface area contributed by atoms with E-state index in [-0.39, 0.29) is 23.5 Å². The van der Waals surface area contributed by atoms with Gasteiger partial charge >= 0.3 is 0 Å². The molecule has 0 saturated carbocycles. The van der Waals surface area contributed by atoms with Crippen LogP contribution in [0.2, 0.25) is 5.02 Å². The van der Waals surface area contributed by atoms with Crippen LogP contribution >= 0.6 is 11.6 Å². The minimum Gasteiger partial charge on any atom is -0.492 e. The van der Waals surface area contributed by atoms with Crippen LogP contribution in [0.4, 0.5) is 5.69 Å². The summed E-state index contributed by atoms with van der Waals surface area (Å²) >= 11 is 6.17. The molecule has 3 aromatic rings. The molecule has 0 spiro atoms. The van der Waals surface area contributed by atoms with Crippen molar-refractivity contribution in [1.82, 2.24) is 5.32 Å². The van der Waals surface area contributed by atoms with Gasteiger partial charge in [-0.15, -0.1) is 0 Å². The van der Waals surface area contributed by atoms with Gasteiger partial charge in [0.25, 0.3) is 10.0 Å². The number of nitrogens with one attached hydrogen (secondary N) is 1. The lowest BCUT2D eigenvalue weighted by Crippen LogP contribution is -2.42. The maximum Gasteiger partial charge on any atom is 0.264 e. The molecule has 0 atom stereocenters. The number of ether oxygens (including phenoxy) is 1. The zero-order chi connectivity index (χ0) is 26.5. The number of nitrogens with zero attached hydrogens (tertiary/aromatic N) is 1. The lowest BCUT2D eigenvalue weighted by molar-refractivity contribution is -0.119. The van der Waals surface area contributed by atoms with Crippen LogP contribution < -0.4 is 14.4 Å². The van der Waals surface area contributed by atoms with Crippen molar-refractivity contribution in [2.45, 2.75) is 44.9 Å². The van der Waals surface area contributed by atoms with Crippen LogP contribution in [0.25, 0.3) is 0 Å². The van der Waals surface area contributed by atoms with E-state index in [1.165, 1.54) is 17.7 Å². The molecular formula is C28H33ClN2O4S. The van der Waals surface area contributed by atoms with E-state index < -0.39 is 22.5 Å². The number of benzene rings is 3. The lowest BCUT2D eigenvalue weighted by Gasteiger charge is -2.26. The number of carbonyl (C=O) groups is 1. The van der Waals surface area contributed by atoms with Gasteiger partial charge in [0.05, 0.1) is 17.1 Å². The number of rotatable bonds is 9. The molecule has 0 unspecified atom stereocenters. The average molecular weight is 529 g/mol. The second kappa shape index (κ2) is 11.4. The quantitative estimate of drug-likeness (QED) is 0.364. The van der Waals surface area contributed by atoms with E-state index in [0.717, 1.165) is 9.87 Å². The molecule has 0 bridgehead atoms. The first-order valence-corrected chi connectivity index (χ1v) is 13.6. The zero-order valence-corrected chi connectivity index (χ0v) is 22.9. The predicted molar refractivity (Wildman–Crippen MR) is 146 cm³/mol. The minimum absolute atomic E-state index is 0.0542. The molecule has 192 valence electrons. The maximum absolute atomic E-state index is 13.5. The molecule has 1 N–H and O–H groups in total. The molecule has 0 aromatic heterocycles. The SMILES string of the molecule is Cc1ccc(S(=O)(=O)N(CC(=O)NCCOc2ccc(C(C)(C)C)cc2)c2cc(Cl)ccc2C)cc1. The summed E-state index contributed by atoms with van der Waals surface area (Å²) in [7, 11) is -4.01. The normalized spacial score (nSPS) is 11.7. The van der Waals surface area contributed by atoms with Gasteiger partial charge in [0, 0.05) is 5.02 Å². The summed E-state index contributed by atoms with van der Waals surface area (Å²) in [6.07, 6.45) is 0. The third-order valence-corrected chi connectivity index (χ3v) is 7.76. The summed E-state index contributed by atoms with van der Waals surface area (Å²) in [6, 6.07) is 19.3. The van der Waals surface area contributed by atoms with E-state index in [1.54, 1.807) is 37.3 Å². The van der Waals surface area contributed by atoms with Crippen molar-refractivity contribution >= 4 is 33.2 Å². The molecule has 0 aliphatic rings. The van der Waals surface area contributed by atoms with Crippen molar-refractivity contribution in [2.75, 3.05) is 24.0 Å². The second-order valence-electron chi connectivity index (χ2n) is 9.73. The Bertz CT molecular complexity index is 1300. The molecule has 36 heavy (non-hydrogen) atoms. The van der Waals surface area contributed by atoms with Gasteiger partial charge in [-0.25, -0.2) is 8.42 Å². The summed E-state index contributed by atoms with van der Waals surface area (Å²) in [5.74, 6) is 0.257. The van der Waals surface area contributed by atoms with Gasteiger partial charge in [-0.05, 0) is 66.8 Å². The molecule has 0 saturated heterocycles. The third-order valence-electron chi connectivity index (χ3n) is 5.75.